The second-order valence-electron chi connectivity index (χ2n) is 9.06. The fourth-order valence-electron chi connectivity index (χ4n) is 5.05. The summed E-state index contributed by atoms with van der Waals surface area (Å²) in [5.74, 6) is 3.41. The molecule has 1 saturated carbocycles. The Morgan fingerprint density at radius 2 is 1.83 bits per heavy atom. The van der Waals surface area contributed by atoms with Crippen LogP contribution in [0, 0.1) is 11.8 Å². The van der Waals surface area contributed by atoms with Crippen LogP contribution in [0.3, 0.4) is 0 Å². The first-order valence-electron chi connectivity index (χ1n) is 11.6. The number of fused-ring (bicyclic) bond motifs is 1. The third kappa shape index (κ3) is 5.09. The Morgan fingerprint density at radius 1 is 1.10 bits per heavy atom. The number of nitrogens with zero attached hydrogens (tertiary/aromatic N) is 2. The number of anilines is 1. The summed E-state index contributed by atoms with van der Waals surface area (Å²) in [6.07, 6.45) is 6.66. The minimum atomic E-state index is -0.252. The van der Waals surface area contributed by atoms with E-state index in [0.717, 1.165) is 43.6 Å². The maximum Gasteiger partial charge on any atom is 0.231 e. The first-order valence-corrected chi connectivity index (χ1v) is 11.6. The van der Waals surface area contributed by atoms with Gasteiger partial charge in [-0.1, -0.05) is 18.9 Å². The van der Waals surface area contributed by atoms with Crippen LogP contribution < -0.4 is 14.4 Å². The lowest BCUT2D eigenvalue weighted by atomic mass is 9.78. The third-order valence-electron chi connectivity index (χ3n) is 7.21. The van der Waals surface area contributed by atoms with Crippen LogP contribution in [0.25, 0.3) is 0 Å². The first kappa shape index (κ1) is 21.4. The van der Waals surface area contributed by atoms with Crippen molar-refractivity contribution in [1.29, 1.82) is 0 Å². The molecular formula is C24H36N2O4. The number of benzene rings is 1. The van der Waals surface area contributed by atoms with Crippen molar-refractivity contribution < 1.29 is 19.0 Å². The molecule has 0 spiro atoms. The van der Waals surface area contributed by atoms with Gasteiger partial charge in [-0.15, -0.1) is 0 Å². The molecule has 166 valence electrons. The molecule has 0 unspecified atom stereocenters. The lowest BCUT2D eigenvalue weighted by molar-refractivity contribution is -0.129. The van der Waals surface area contributed by atoms with Gasteiger partial charge in [-0.3, -0.25) is 9.69 Å². The molecule has 6 heteroatoms. The predicted octanol–water partition coefficient (Wildman–Crippen LogP) is 3.73. The van der Waals surface area contributed by atoms with Gasteiger partial charge in [0.05, 0.1) is 5.69 Å². The largest absolute Gasteiger partial charge is 0.454 e. The van der Waals surface area contributed by atoms with Crippen LogP contribution >= 0.6 is 0 Å². The molecule has 0 radical (unpaired) electrons. The fraction of sp³-hybridized carbons (Fsp3) is 0.708. The molecule has 30 heavy (non-hydrogen) atoms. The smallest absolute Gasteiger partial charge is 0.231 e. The zero-order chi connectivity index (χ0) is 20.9. The van der Waals surface area contributed by atoms with Gasteiger partial charge in [0.15, 0.2) is 17.3 Å². The second-order valence-corrected chi connectivity index (χ2v) is 9.06. The molecule has 6 nitrogen and oxygen atoms in total. The van der Waals surface area contributed by atoms with Crippen molar-refractivity contribution in [3.63, 3.8) is 0 Å². The normalized spacial score (nSPS) is 25.3. The molecule has 0 bridgehead atoms. The summed E-state index contributed by atoms with van der Waals surface area (Å²) >= 11 is 0. The summed E-state index contributed by atoms with van der Waals surface area (Å²) in [5, 5.41) is 0. The molecule has 1 aromatic rings. The monoisotopic (exact) mass is 416 g/mol. The van der Waals surface area contributed by atoms with Crippen LogP contribution in [0.15, 0.2) is 18.2 Å². The highest BCUT2D eigenvalue weighted by molar-refractivity contribution is 5.82. The second kappa shape index (κ2) is 10.0. The number of carbonyl (C=O) groups excluding carboxylic acids is 1. The number of para-hydroxylation sites is 1. The van der Waals surface area contributed by atoms with Gasteiger partial charge in [-0.25, -0.2) is 0 Å². The molecule has 1 aliphatic carbocycles. The van der Waals surface area contributed by atoms with E-state index in [-0.39, 0.29) is 11.9 Å². The van der Waals surface area contributed by atoms with Gasteiger partial charge in [0.25, 0.3) is 0 Å². The Balaban J connectivity index is 1.16. The van der Waals surface area contributed by atoms with Gasteiger partial charge in [0, 0.05) is 39.7 Å². The minimum absolute atomic E-state index is 0.252. The third-order valence-corrected chi connectivity index (χ3v) is 7.21. The van der Waals surface area contributed by atoms with E-state index in [1.807, 2.05) is 13.0 Å². The van der Waals surface area contributed by atoms with E-state index in [9.17, 15) is 4.79 Å². The van der Waals surface area contributed by atoms with E-state index in [1.54, 1.807) is 7.11 Å². The number of methoxy groups -OCH3 is 1. The van der Waals surface area contributed by atoms with Crippen LogP contribution in [0.2, 0.25) is 0 Å². The Morgan fingerprint density at radius 3 is 2.57 bits per heavy atom. The molecule has 0 amide bonds. The Kier molecular flexibility index (Phi) is 7.16. The molecule has 3 aliphatic rings. The van der Waals surface area contributed by atoms with Crippen molar-refractivity contribution in [2.45, 2.75) is 51.6 Å². The molecule has 0 N–H and O–H groups in total. The average Bonchev–Trinajstić information content (AvgIpc) is 3.27. The van der Waals surface area contributed by atoms with E-state index in [4.69, 9.17) is 14.2 Å². The topological polar surface area (TPSA) is 51.2 Å². The number of carbonyl (C=O) groups is 1. The van der Waals surface area contributed by atoms with E-state index in [0.29, 0.717) is 19.1 Å². The van der Waals surface area contributed by atoms with E-state index < -0.39 is 0 Å². The van der Waals surface area contributed by atoms with Crippen molar-refractivity contribution in [2.24, 2.45) is 11.8 Å². The molecule has 2 aliphatic heterocycles. The lowest BCUT2D eigenvalue weighted by Crippen LogP contribution is -2.47. The number of hydrogen-bond acceptors (Lipinski definition) is 6. The van der Waals surface area contributed by atoms with Gasteiger partial charge in [-0.2, -0.15) is 0 Å². The maximum absolute atomic E-state index is 12.1. The number of ether oxygens (including phenoxy) is 3. The summed E-state index contributed by atoms with van der Waals surface area (Å²) in [7, 11) is 1.62. The predicted molar refractivity (Wildman–Crippen MR) is 117 cm³/mol. The van der Waals surface area contributed by atoms with Crippen molar-refractivity contribution in [3.05, 3.63) is 18.2 Å². The van der Waals surface area contributed by atoms with Gasteiger partial charge < -0.3 is 19.1 Å². The Labute approximate surface area is 180 Å². The summed E-state index contributed by atoms with van der Waals surface area (Å²) in [5.41, 5.74) is 1.17. The van der Waals surface area contributed by atoms with Crippen molar-refractivity contribution >= 4 is 11.5 Å². The van der Waals surface area contributed by atoms with Crippen LogP contribution in [-0.4, -0.2) is 63.4 Å². The molecule has 1 aromatic carbocycles. The zero-order valence-corrected chi connectivity index (χ0v) is 18.5. The highest BCUT2D eigenvalue weighted by Crippen LogP contribution is 2.41. The van der Waals surface area contributed by atoms with Gasteiger partial charge in [-0.05, 0) is 56.7 Å². The van der Waals surface area contributed by atoms with E-state index >= 15 is 0 Å². The Bertz CT molecular complexity index is 709. The number of hydrogen-bond donors (Lipinski definition) is 0. The van der Waals surface area contributed by atoms with Crippen molar-refractivity contribution in [2.75, 3.05) is 51.5 Å². The molecular weight excluding hydrogens is 380 g/mol. The van der Waals surface area contributed by atoms with Gasteiger partial charge in [0.1, 0.15) is 6.10 Å². The molecule has 2 heterocycles. The number of piperazine rings is 1. The SMILES string of the molecule is CO[C@@H](C)C(=O)CC1CCC(CCN2CCN(c3cccc4c3OCO4)CC2)CC1. The van der Waals surface area contributed by atoms with Crippen LogP contribution in [0.5, 0.6) is 11.5 Å². The van der Waals surface area contributed by atoms with E-state index in [2.05, 4.69) is 21.9 Å². The van der Waals surface area contributed by atoms with Crippen LogP contribution in [0.4, 0.5) is 5.69 Å². The van der Waals surface area contributed by atoms with Gasteiger partial charge >= 0.3 is 0 Å². The Hall–Kier alpha value is -1.79. The molecule has 0 aromatic heterocycles. The van der Waals surface area contributed by atoms with Crippen LogP contribution in [0.1, 0.15) is 45.4 Å². The zero-order valence-electron chi connectivity index (χ0n) is 18.5. The van der Waals surface area contributed by atoms with Crippen molar-refractivity contribution in [3.8, 4) is 11.5 Å². The molecule has 2 fully saturated rings. The fourth-order valence-corrected chi connectivity index (χ4v) is 5.05. The summed E-state index contributed by atoms with van der Waals surface area (Å²) in [4.78, 5) is 17.1. The molecule has 1 saturated heterocycles. The lowest BCUT2D eigenvalue weighted by Gasteiger charge is -2.37. The highest BCUT2D eigenvalue weighted by Gasteiger charge is 2.27. The molecule has 4 rings (SSSR count). The number of ketones is 1. The van der Waals surface area contributed by atoms with Crippen LogP contribution in [-0.2, 0) is 9.53 Å². The summed E-state index contributed by atoms with van der Waals surface area (Å²) < 4.78 is 16.4. The molecule has 1 atom stereocenters. The summed E-state index contributed by atoms with van der Waals surface area (Å²) in [6.45, 7) is 7.65. The van der Waals surface area contributed by atoms with Crippen molar-refractivity contribution in [1.82, 2.24) is 4.90 Å². The number of Topliss-reactive ketones (excluding diaryl/α,β-unsaturated/α-hetero) is 1. The highest BCUT2D eigenvalue weighted by atomic mass is 16.7. The van der Waals surface area contributed by atoms with E-state index in [1.165, 1.54) is 44.3 Å². The summed E-state index contributed by atoms with van der Waals surface area (Å²) in [6, 6.07) is 6.17. The standard InChI is InChI=1S/C24H36N2O4/c1-18(28-2)22(27)16-20-8-6-19(7-9-20)10-11-25-12-14-26(15-13-25)21-4-3-5-23-24(21)30-17-29-23/h3-5,18-20H,6-17H2,1-2H3/t18-,19?,20?/m0/s1. The quantitative estimate of drug-likeness (QED) is 0.644. The average molecular weight is 417 g/mol. The number of rotatable bonds is 8. The maximum atomic E-state index is 12.1. The minimum Gasteiger partial charge on any atom is -0.454 e. The van der Waals surface area contributed by atoms with Gasteiger partial charge in [0.2, 0.25) is 6.79 Å². The first-order chi connectivity index (χ1) is 14.6.